The third-order valence-corrected chi connectivity index (χ3v) is 0.744. The molecule has 16 heavy (non-hydrogen) atoms. The van der Waals surface area contributed by atoms with Crippen LogP contribution in [0.15, 0.2) is 38.0 Å². The second kappa shape index (κ2) is 36.3. The summed E-state index contributed by atoms with van der Waals surface area (Å²) >= 11 is 0. The first-order valence-corrected chi connectivity index (χ1v) is 4.60. The Balaban J connectivity index is -0.0000000637. The Bertz CT molecular complexity index is 95.3. The topological polar surface area (TPSA) is 18.5 Å². The van der Waals surface area contributed by atoms with E-state index in [0.717, 1.165) is 26.4 Å². The molecule has 0 spiro atoms. The van der Waals surface area contributed by atoms with Crippen molar-refractivity contribution in [3.63, 3.8) is 0 Å². The Morgan fingerprint density at radius 1 is 0.688 bits per heavy atom. The predicted octanol–water partition coefficient (Wildman–Crippen LogP) is 3.05. The molecule has 1 heterocycles. The van der Waals surface area contributed by atoms with Gasteiger partial charge in [-0.3, -0.25) is 0 Å². The SMILES string of the molecule is C1COCCO1.C=C[CH2-].C=C[CH2-].C=C[CH2-].[Nd+3]. The fraction of sp³-hybridized carbons (Fsp3) is 0.308. The number of rotatable bonds is 0. The van der Waals surface area contributed by atoms with Crippen molar-refractivity contribution in [2.24, 2.45) is 0 Å². The van der Waals surface area contributed by atoms with Crippen LogP contribution < -0.4 is 0 Å². The zero-order chi connectivity index (χ0) is 12.4. The summed E-state index contributed by atoms with van der Waals surface area (Å²) in [4.78, 5) is 0. The van der Waals surface area contributed by atoms with Gasteiger partial charge in [0.1, 0.15) is 0 Å². The first kappa shape index (κ1) is 25.1. The molecule has 0 atom stereocenters. The van der Waals surface area contributed by atoms with Crippen LogP contribution in [0.5, 0.6) is 0 Å². The van der Waals surface area contributed by atoms with Crippen LogP contribution in [0.3, 0.4) is 0 Å². The first-order chi connectivity index (χ1) is 7.24. The minimum Gasteiger partial charge on any atom is -0.377 e. The van der Waals surface area contributed by atoms with Gasteiger partial charge in [-0.15, -0.1) is 0 Å². The van der Waals surface area contributed by atoms with Crippen LogP contribution >= 0.6 is 0 Å². The Labute approximate surface area is 134 Å². The van der Waals surface area contributed by atoms with E-state index in [1.807, 2.05) is 0 Å². The van der Waals surface area contributed by atoms with Crippen molar-refractivity contribution in [3.8, 4) is 0 Å². The summed E-state index contributed by atoms with van der Waals surface area (Å²) in [6.45, 7) is 22.6. The summed E-state index contributed by atoms with van der Waals surface area (Å²) in [7, 11) is 0. The van der Waals surface area contributed by atoms with Crippen molar-refractivity contribution < 1.29 is 50.3 Å². The third kappa shape index (κ3) is 65.0. The van der Waals surface area contributed by atoms with E-state index in [2.05, 4.69) is 40.5 Å². The minimum absolute atomic E-state index is 0. The van der Waals surface area contributed by atoms with Crippen LogP contribution in [0.4, 0.5) is 0 Å². The average molecular weight is 356 g/mol. The zero-order valence-corrected chi connectivity index (χ0v) is 13.3. The fourth-order valence-corrected chi connectivity index (χ4v) is 0.440. The van der Waals surface area contributed by atoms with Crippen molar-refractivity contribution in [2.45, 2.75) is 0 Å². The maximum Gasteiger partial charge on any atom is 3.00 e. The Morgan fingerprint density at radius 2 is 0.812 bits per heavy atom. The summed E-state index contributed by atoms with van der Waals surface area (Å²) in [5, 5.41) is 0. The van der Waals surface area contributed by atoms with Crippen molar-refractivity contribution in [3.05, 3.63) is 58.7 Å². The van der Waals surface area contributed by atoms with Gasteiger partial charge in [-0.05, 0) is 0 Å². The standard InChI is InChI=1S/C4H8O2.3C3H5.Nd/c1-2-6-4-3-5-1;3*1-3-2;/h1-4H2;3*3H,1-2H2;/q;3*-1;+3. The van der Waals surface area contributed by atoms with Gasteiger partial charge < -0.3 is 9.47 Å². The molecule has 1 aliphatic heterocycles. The van der Waals surface area contributed by atoms with Gasteiger partial charge in [0, 0.05) is 0 Å². The molecule has 1 fully saturated rings. The molecule has 0 aromatic carbocycles. The van der Waals surface area contributed by atoms with E-state index >= 15 is 0 Å². The molecule has 1 saturated heterocycles. The quantitative estimate of drug-likeness (QED) is 0.622. The monoisotopic (exact) mass is 353 g/mol. The molecule has 0 aliphatic carbocycles. The van der Waals surface area contributed by atoms with Crippen molar-refractivity contribution >= 4 is 0 Å². The molecule has 0 aromatic rings. The van der Waals surface area contributed by atoms with Crippen LogP contribution in [0, 0.1) is 61.6 Å². The minimum atomic E-state index is 0. The van der Waals surface area contributed by atoms with Gasteiger partial charge in [0.05, 0.1) is 26.4 Å². The number of allylic oxidation sites excluding steroid dienone is 3. The Kier molecular flexibility index (Phi) is 56.8. The van der Waals surface area contributed by atoms with Gasteiger partial charge in [0.25, 0.3) is 0 Å². The fourth-order valence-electron chi connectivity index (χ4n) is 0.440. The Morgan fingerprint density at radius 3 is 0.875 bits per heavy atom. The van der Waals surface area contributed by atoms with E-state index < -0.39 is 0 Å². The molecule has 0 bridgehead atoms. The summed E-state index contributed by atoms with van der Waals surface area (Å²) < 4.78 is 9.89. The number of hydrogen-bond donors (Lipinski definition) is 0. The van der Waals surface area contributed by atoms with Gasteiger partial charge in [0.15, 0.2) is 0 Å². The van der Waals surface area contributed by atoms with Crippen molar-refractivity contribution in [1.82, 2.24) is 0 Å². The molecule has 2 nitrogen and oxygen atoms in total. The second-order valence-electron chi connectivity index (χ2n) is 2.09. The maximum absolute atomic E-state index is 4.94. The van der Waals surface area contributed by atoms with E-state index in [-0.39, 0.29) is 40.8 Å². The normalized spacial score (nSPS) is 11.2. The van der Waals surface area contributed by atoms with Gasteiger partial charge in [-0.2, -0.15) is 0 Å². The Hall–Kier alpha value is 0.101. The van der Waals surface area contributed by atoms with Crippen LogP contribution in [-0.2, 0) is 9.47 Å². The summed E-state index contributed by atoms with van der Waals surface area (Å²) in [5.74, 6) is 0. The second-order valence-corrected chi connectivity index (χ2v) is 2.09. The van der Waals surface area contributed by atoms with Crippen molar-refractivity contribution in [2.75, 3.05) is 26.4 Å². The van der Waals surface area contributed by atoms with Gasteiger partial charge in [-0.1, -0.05) is 0 Å². The van der Waals surface area contributed by atoms with Gasteiger partial charge >= 0.3 is 40.8 Å². The molecule has 0 N–H and O–H groups in total. The molecule has 0 saturated carbocycles. The zero-order valence-electron chi connectivity index (χ0n) is 10.1. The van der Waals surface area contributed by atoms with Crippen LogP contribution in [-0.4, -0.2) is 26.4 Å². The molecule has 1 rings (SSSR count). The molecule has 0 aromatic heterocycles. The van der Waals surface area contributed by atoms with Crippen LogP contribution in [0.2, 0.25) is 0 Å². The summed E-state index contributed by atoms with van der Waals surface area (Å²) in [6.07, 6.45) is 4.50. The average Bonchev–Trinajstić information content (AvgIpc) is 2.24. The molecule has 0 amide bonds. The van der Waals surface area contributed by atoms with E-state index in [1.54, 1.807) is 0 Å². The molecular formula is C13H23NdO2. The smallest absolute Gasteiger partial charge is 0.377 e. The van der Waals surface area contributed by atoms with Crippen LogP contribution in [0.1, 0.15) is 0 Å². The molecule has 91 valence electrons. The molecule has 0 unspecified atom stereocenters. The van der Waals surface area contributed by atoms with Crippen molar-refractivity contribution in [1.29, 1.82) is 0 Å². The van der Waals surface area contributed by atoms with Crippen LogP contribution in [0.25, 0.3) is 0 Å². The summed E-state index contributed by atoms with van der Waals surface area (Å²) in [5.41, 5.74) is 0. The largest absolute Gasteiger partial charge is 3.00 e. The van der Waals surface area contributed by atoms with E-state index in [0.29, 0.717) is 0 Å². The third-order valence-electron chi connectivity index (χ3n) is 0.744. The number of hydrogen-bond acceptors (Lipinski definition) is 2. The summed E-state index contributed by atoms with van der Waals surface area (Å²) in [6, 6.07) is 0. The molecule has 1 aliphatic rings. The molecular weight excluding hydrogens is 332 g/mol. The molecule has 1 radical (unpaired) electrons. The van der Waals surface area contributed by atoms with Gasteiger partial charge in [0.2, 0.25) is 0 Å². The predicted molar refractivity (Wildman–Crippen MR) is 68.3 cm³/mol. The van der Waals surface area contributed by atoms with E-state index in [9.17, 15) is 0 Å². The van der Waals surface area contributed by atoms with E-state index in [1.165, 1.54) is 18.2 Å². The van der Waals surface area contributed by atoms with E-state index in [4.69, 9.17) is 9.47 Å². The first-order valence-electron chi connectivity index (χ1n) is 4.60. The molecule has 3 heteroatoms. The number of ether oxygens (including phenoxy) is 2. The van der Waals surface area contributed by atoms with Gasteiger partial charge in [-0.25, -0.2) is 58.7 Å². The maximum atomic E-state index is 4.94.